The molecule has 33 heavy (non-hydrogen) atoms. The van der Waals surface area contributed by atoms with E-state index >= 15 is 0 Å². The topological polar surface area (TPSA) is 59.0 Å². The number of rotatable bonds is 3. The Hall–Kier alpha value is -1.85. The maximum atomic E-state index is 13.4. The van der Waals surface area contributed by atoms with Crippen LogP contribution in [-0.4, -0.2) is 53.9 Å². The minimum Gasteiger partial charge on any atom is -0.497 e. The lowest BCUT2D eigenvalue weighted by Gasteiger charge is -2.66. The molecule has 5 nitrogen and oxygen atoms in total. The second kappa shape index (κ2) is 5.68. The molecule has 6 aliphatic carbocycles. The monoisotopic (exact) mass is 447 g/mol. The second-order valence-electron chi connectivity index (χ2n) is 12.6. The summed E-state index contributed by atoms with van der Waals surface area (Å²) in [5, 5.41) is 11.7. The van der Waals surface area contributed by atoms with Gasteiger partial charge in [0.25, 0.3) is 0 Å². The quantitative estimate of drug-likeness (QED) is 0.566. The van der Waals surface area contributed by atoms with Gasteiger partial charge in [-0.1, -0.05) is 19.9 Å². The van der Waals surface area contributed by atoms with Gasteiger partial charge in [-0.05, 0) is 78.2 Å². The molecule has 3 aliphatic heterocycles. The van der Waals surface area contributed by atoms with Gasteiger partial charge in [-0.25, -0.2) is 4.79 Å². The van der Waals surface area contributed by atoms with Crippen molar-refractivity contribution in [3.63, 3.8) is 0 Å². The molecule has 1 aromatic rings. The van der Waals surface area contributed by atoms with Crippen LogP contribution in [0.4, 0.5) is 0 Å². The van der Waals surface area contributed by atoms with E-state index in [0.717, 1.165) is 24.2 Å². The molecule has 1 N–H and O–H groups in total. The molecular weight excluding hydrogens is 414 g/mol. The summed E-state index contributed by atoms with van der Waals surface area (Å²) in [6, 6.07) is 8.39. The minimum atomic E-state index is -0.444. The average Bonchev–Trinajstić information content (AvgIpc) is 3.24. The number of esters is 1. The van der Waals surface area contributed by atoms with Gasteiger partial charge in [0.05, 0.1) is 18.8 Å². The maximum Gasteiger partial charge on any atom is 0.338 e. The second-order valence-corrected chi connectivity index (χ2v) is 12.6. The molecule has 0 aromatic heterocycles. The van der Waals surface area contributed by atoms with Crippen molar-refractivity contribution in [3.8, 4) is 5.75 Å². The molecule has 9 aliphatic rings. The number of methoxy groups -OCH3 is 1. The van der Waals surface area contributed by atoms with Crippen molar-refractivity contribution >= 4 is 5.97 Å². The lowest BCUT2D eigenvalue weighted by atomic mass is 9.39. The van der Waals surface area contributed by atoms with E-state index in [-0.39, 0.29) is 34.7 Å². The van der Waals surface area contributed by atoms with Gasteiger partial charge in [0.1, 0.15) is 11.9 Å². The summed E-state index contributed by atoms with van der Waals surface area (Å²) in [5.41, 5.74) is 1.92. The summed E-state index contributed by atoms with van der Waals surface area (Å²) in [5.74, 6) is 2.02. The Balaban J connectivity index is 1.25. The minimum absolute atomic E-state index is 0.0735. The molecule has 2 spiro atoms. The van der Waals surface area contributed by atoms with Crippen LogP contribution in [0.5, 0.6) is 5.75 Å². The van der Waals surface area contributed by atoms with Gasteiger partial charge in [-0.2, -0.15) is 0 Å². The summed E-state index contributed by atoms with van der Waals surface area (Å²) >= 11 is 0. The number of ether oxygens (including phenoxy) is 2. The molecule has 0 amide bonds. The molecule has 3 heterocycles. The summed E-state index contributed by atoms with van der Waals surface area (Å²) in [6.07, 6.45) is 5.29. The van der Waals surface area contributed by atoms with Crippen molar-refractivity contribution in [2.45, 2.75) is 63.3 Å². The van der Waals surface area contributed by atoms with Gasteiger partial charge in [-0.15, -0.1) is 0 Å². The standard InChI is InChI=1S/C28H33NO4/c1-14-17-11-18-23-27-10-4-9-26(2)13-29(23)19(21(26)27)12-28(18,24(14)30)22(27)20(17)33-25(31)15-5-7-16(32-3)8-6-15/h5-8,17-24,30H,1,4,9-13H2,2-3H3/t17-,18-,19+,20+,21-,22+,23?,24-,26+,27+,28-/m1/s1. The van der Waals surface area contributed by atoms with E-state index in [2.05, 4.69) is 18.4 Å². The van der Waals surface area contributed by atoms with Gasteiger partial charge >= 0.3 is 5.97 Å². The molecule has 9 bridgehead atoms. The normalized spacial score (nSPS) is 55.8. The van der Waals surface area contributed by atoms with Gasteiger partial charge in [0.15, 0.2) is 0 Å². The molecule has 174 valence electrons. The molecule has 1 aromatic carbocycles. The molecule has 5 heteroatoms. The van der Waals surface area contributed by atoms with Crippen LogP contribution in [0, 0.1) is 39.9 Å². The fraction of sp³-hybridized carbons (Fsp3) is 0.679. The zero-order valence-electron chi connectivity index (χ0n) is 19.5. The lowest BCUT2D eigenvalue weighted by molar-refractivity contribution is -0.213. The van der Waals surface area contributed by atoms with E-state index in [1.807, 2.05) is 12.1 Å². The SMILES string of the molecule is C=C1[C@H]2C[C@@H]3C4N5C[C@]6(C)CCC[C@@]47[C@@H]6[C@@H]5C[C@]3([C@@H]1O)[C@H]7[C@H]2OC(=O)c1ccc(OC)cc1. The zero-order chi connectivity index (χ0) is 22.5. The third kappa shape index (κ3) is 1.83. The van der Waals surface area contributed by atoms with Crippen molar-refractivity contribution in [1.82, 2.24) is 4.90 Å². The van der Waals surface area contributed by atoms with E-state index in [1.54, 1.807) is 19.2 Å². The van der Waals surface area contributed by atoms with Crippen molar-refractivity contribution in [2.24, 2.45) is 39.9 Å². The van der Waals surface area contributed by atoms with E-state index in [0.29, 0.717) is 34.9 Å². The Bertz CT molecular complexity index is 1100. The molecule has 0 radical (unpaired) electrons. The number of carbonyl (C=O) groups excluding carboxylic acids is 1. The first-order valence-corrected chi connectivity index (χ1v) is 12.8. The molecule has 10 rings (SSSR count). The van der Waals surface area contributed by atoms with Crippen molar-refractivity contribution in [3.05, 3.63) is 42.0 Å². The van der Waals surface area contributed by atoms with E-state index in [4.69, 9.17) is 9.47 Å². The fourth-order valence-electron chi connectivity index (χ4n) is 11.5. The highest BCUT2D eigenvalue weighted by Gasteiger charge is 2.90. The van der Waals surface area contributed by atoms with Crippen LogP contribution in [0.25, 0.3) is 0 Å². The van der Waals surface area contributed by atoms with Crippen LogP contribution in [0.15, 0.2) is 36.4 Å². The van der Waals surface area contributed by atoms with E-state index < -0.39 is 6.10 Å². The van der Waals surface area contributed by atoms with Crippen LogP contribution in [0.1, 0.15) is 49.4 Å². The molecule has 3 saturated heterocycles. The molecule has 12 atom stereocenters. The van der Waals surface area contributed by atoms with Gasteiger partial charge < -0.3 is 14.6 Å². The third-order valence-corrected chi connectivity index (χ3v) is 11.9. The predicted octanol–water partition coefficient (Wildman–Crippen LogP) is 3.67. The Labute approximate surface area is 195 Å². The molecule has 6 saturated carbocycles. The van der Waals surface area contributed by atoms with Crippen molar-refractivity contribution in [2.75, 3.05) is 13.7 Å². The highest BCUT2D eigenvalue weighted by atomic mass is 16.5. The Kier molecular flexibility index (Phi) is 3.35. The number of hydrogen-bond acceptors (Lipinski definition) is 5. The number of aliphatic hydroxyl groups excluding tert-OH is 1. The first kappa shape index (κ1) is 19.5. The highest BCUT2D eigenvalue weighted by molar-refractivity contribution is 5.89. The number of nitrogens with zero attached hydrogens (tertiary/aromatic N) is 1. The van der Waals surface area contributed by atoms with Crippen molar-refractivity contribution in [1.29, 1.82) is 0 Å². The number of hydrogen-bond donors (Lipinski definition) is 1. The zero-order valence-corrected chi connectivity index (χ0v) is 19.5. The first-order chi connectivity index (χ1) is 15.9. The van der Waals surface area contributed by atoms with Crippen LogP contribution < -0.4 is 4.74 Å². The van der Waals surface area contributed by atoms with E-state index in [1.165, 1.54) is 25.8 Å². The largest absolute Gasteiger partial charge is 0.497 e. The van der Waals surface area contributed by atoms with Gasteiger partial charge in [0.2, 0.25) is 0 Å². The van der Waals surface area contributed by atoms with Crippen molar-refractivity contribution < 1.29 is 19.4 Å². The van der Waals surface area contributed by atoms with Crippen LogP contribution in [0.2, 0.25) is 0 Å². The average molecular weight is 448 g/mol. The Morgan fingerprint density at radius 1 is 1.18 bits per heavy atom. The molecular formula is C28H33NO4. The molecule has 2 unspecified atom stereocenters. The molecule has 9 fully saturated rings. The van der Waals surface area contributed by atoms with Crippen LogP contribution in [-0.2, 0) is 4.74 Å². The van der Waals surface area contributed by atoms with Gasteiger partial charge in [-0.3, -0.25) is 4.90 Å². The maximum absolute atomic E-state index is 13.4. The lowest BCUT2D eigenvalue weighted by Crippen LogP contribution is -2.69. The number of aliphatic hydroxyl groups is 1. The first-order valence-electron chi connectivity index (χ1n) is 12.8. The number of benzene rings is 1. The van der Waals surface area contributed by atoms with Gasteiger partial charge in [0, 0.05) is 35.9 Å². The Morgan fingerprint density at radius 3 is 2.73 bits per heavy atom. The summed E-state index contributed by atoms with van der Waals surface area (Å²) in [4.78, 5) is 16.3. The fourth-order valence-corrected chi connectivity index (χ4v) is 11.5. The Morgan fingerprint density at radius 2 is 1.97 bits per heavy atom. The third-order valence-electron chi connectivity index (χ3n) is 11.9. The number of carbonyl (C=O) groups is 1. The predicted molar refractivity (Wildman–Crippen MR) is 122 cm³/mol. The van der Waals surface area contributed by atoms with Crippen LogP contribution in [0.3, 0.4) is 0 Å². The number of fused-ring (bicyclic) bond motifs is 1. The van der Waals surface area contributed by atoms with E-state index in [9.17, 15) is 9.90 Å². The highest BCUT2D eigenvalue weighted by Crippen LogP contribution is 2.87. The van der Waals surface area contributed by atoms with Crippen LogP contribution >= 0.6 is 0 Å². The smallest absolute Gasteiger partial charge is 0.338 e. The number of piperidine rings is 2. The summed E-state index contributed by atoms with van der Waals surface area (Å²) < 4.78 is 11.7. The summed E-state index contributed by atoms with van der Waals surface area (Å²) in [7, 11) is 1.63. The summed E-state index contributed by atoms with van der Waals surface area (Å²) in [6.45, 7) is 8.13.